The molecule has 0 radical (unpaired) electrons. The van der Waals surface area contributed by atoms with Gasteiger partial charge >= 0.3 is 0 Å². The average Bonchev–Trinajstić information content (AvgIpc) is 3.03. The summed E-state index contributed by atoms with van der Waals surface area (Å²) in [6.45, 7) is 1.76. The Bertz CT molecular complexity index is 1040. The summed E-state index contributed by atoms with van der Waals surface area (Å²) in [6.07, 6.45) is 1.48. The molecule has 0 atom stereocenters. The van der Waals surface area contributed by atoms with Crippen LogP contribution in [0.4, 0.5) is 15.8 Å². The number of carbonyl (C=O) groups is 1. The van der Waals surface area contributed by atoms with Crippen LogP contribution in [0.5, 0.6) is 0 Å². The molecule has 1 aromatic heterocycles. The number of amides is 1. The molecule has 10 heteroatoms. The lowest BCUT2D eigenvalue weighted by atomic mass is 10.1. The Labute approximate surface area is 157 Å². The van der Waals surface area contributed by atoms with Gasteiger partial charge in [-0.3, -0.25) is 14.9 Å². The molecule has 0 saturated heterocycles. The van der Waals surface area contributed by atoms with E-state index in [1.807, 2.05) is 0 Å². The number of nitro groups is 1. The molecule has 1 heterocycles. The van der Waals surface area contributed by atoms with Crippen molar-refractivity contribution in [1.29, 1.82) is 0 Å². The maximum absolute atomic E-state index is 13.8. The SMILES string of the molecule is Cc1ccc(F)c(NC(=O)c2ccc(Sc3nncn3C)c([N+](=O)[O-])c2)c1. The fourth-order valence-corrected chi connectivity index (χ4v) is 3.13. The number of halogens is 1. The van der Waals surface area contributed by atoms with Crippen LogP contribution in [0.25, 0.3) is 0 Å². The van der Waals surface area contributed by atoms with Crippen molar-refractivity contribution >= 4 is 29.0 Å². The zero-order valence-electron chi connectivity index (χ0n) is 14.3. The van der Waals surface area contributed by atoms with Crippen molar-refractivity contribution in [3.8, 4) is 0 Å². The molecule has 0 bridgehead atoms. The number of nitrogens with one attached hydrogen (secondary N) is 1. The predicted octanol–water partition coefficient (Wildman–Crippen LogP) is 3.57. The van der Waals surface area contributed by atoms with Gasteiger partial charge in [-0.15, -0.1) is 10.2 Å². The molecule has 0 aliphatic heterocycles. The lowest BCUT2D eigenvalue weighted by molar-refractivity contribution is -0.387. The van der Waals surface area contributed by atoms with E-state index in [4.69, 9.17) is 0 Å². The number of hydrogen-bond donors (Lipinski definition) is 1. The van der Waals surface area contributed by atoms with Gasteiger partial charge in [0.15, 0.2) is 5.16 Å². The molecule has 0 unspecified atom stereocenters. The summed E-state index contributed by atoms with van der Waals surface area (Å²) in [5, 5.41) is 21.9. The number of hydrogen-bond acceptors (Lipinski definition) is 6. The molecule has 138 valence electrons. The Morgan fingerprint density at radius 2 is 2.07 bits per heavy atom. The zero-order chi connectivity index (χ0) is 19.6. The Hall–Kier alpha value is -3.27. The van der Waals surface area contributed by atoms with Crippen LogP contribution in [0.1, 0.15) is 15.9 Å². The Morgan fingerprint density at radius 3 is 2.74 bits per heavy atom. The smallest absolute Gasteiger partial charge is 0.284 e. The van der Waals surface area contributed by atoms with Gasteiger partial charge in [-0.2, -0.15) is 0 Å². The molecule has 27 heavy (non-hydrogen) atoms. The van der Waals surface area contributed by atoms with E-state index in [0.717, 1.165) is 23.4 Å². The van der Waals surface area contributed by atoms with Gasteiger partial charge < -0.3 is 9.88 Å². The molecule has 0 aliphatic rings. The normalized spacial score (nSPS) is 10.6. The first-order valence-corrected chi connectivity index (χ1v) is 8.54. The van der Waals surface area contributed by atoms with Crippen LogP contribution in [0, 0.1) is 22.9 Å². The minimum Gasteiger partial charge on any atom is -0.319 e. The van der Waals surface area contributed by atoms with E-state index in [-0.39, 0.29) is 16.9 Å². The molecule has 0 saturated carbocycles. The highest BCUT2D eigenvalue weighted by molar-refractivity contribution is 7.99. The maximum atomic E-state index is 13.8. The van der Waals surface area contributed by atoms with Crippen LogP contribution in [0.2, 0.25) is 0 Å². The number of rotatable bonds is 5. The maximum Gasteiger partial charge on any atom is 0.284 e. The second-order valence-corrected chi connectivity index (χ2v) is 6.71. The van der Waals surface area contributed by atoms with Gasteiger partial charge in [-0.1, -0.05) is 6.07 Å². The topological polar surface area (TPSA) is 103 Å². The van der Waals surface area contributed by atoms with Crippen molar-refractivity contribution < 1.29 is 14.1 Å². The molecule has 8 nitrogen and oxygen atoms in total. The lowest BCUT2D eigenvalue weighted by Crippen LogP contribution is -2.13. The third-order valence-electron chi connectivity index (χ3n) is 3.66. The van der Waals surface area contributed by atoms with Gasteiger partial charge in [-0.25, -0.2) is 4.39 Å². The number of aryl methyl sites for hydroxylation is 2. The fourth-order valence-electron chi connectivity index (χ4n) is 2.28. The van der Waals surface area contributed by atoms with E-state index < -0.39 is 16.6 Å². The summed E-state index contributed by atoms with van der Waals surface area (Å²) in [5.41, 5.74) is 0.582. The first-order valence-electron chi connectivity index (χ1n) is 7.73. The molecule has 2 aromatic carbocycles. The second kappa shape index (κ2) is 7.54. The van der Waals surface area contributed by atoms with E-state index in [0.29, 0.717) is 10.1 Å². The number of benzene rings is 2. The Balaban J connectivity index is 1.89. The van der Waals surface area contributed by atoms with Crippen LogP contribution in [-0.4, -0.2) is 25.6 Å². The molecule has 1 N–H and O–H groups in total. The fraction of sp³-hybridized carbons (Fsp3) is 0.118. The highest BCUT2D eigenvalue weighted by atomic mass is 32.2. The highest BCUT2D eigenvalue weighted by Gasteiger charge is 2.20. The van der Waals surface area contributed by atoms with E-state index in [9.17, 15) is 19.3 Å². The minimum atomic E-state index is -0.641. The first kappa shape index (κ1) is 18.5. The Kier molecular flexibility index (Phi) is 5.17. The highest BCUT2D eigenvalue weighted by Crippen LogP contribution is 2.34. The number of aromatic nitrogens is 3. The van der Waals surface area contributed by atoms with Gasteiger partial charge in [0, 0.05) is 18.7 Å². The number of anilines is 1. The van der Waals surface area contributed by atoms with E-state index in [1.165, 1.54) is 30.6 Å². The van der Waals surface area contributed by atoms with Gasteiger partial charge in [0.1, 0.15) is 12.1 Å². The summed E-state index contributed by atoms with van der Waals surface area (Å²) in [6, 6.07) is 8.36. The summed E-state index contributed by atoms with van der Waals surface area (Å²) < 4.78 is 15.4. The summed E-state index contributed by atoms with van der Waals surface area (Å²) in [5.74, 6) is -1.23. The van der Waals surface area contributed by atoms with E-state index >= 15 is 0 Å². The minimum absolute atomic E-state index is 0.0141. The number of nitro benzene ring substituents is 1. The largest absolute Gasteiger partial charge is 0.319 e. The van der Waals surface area contributed by atoms with Crippen LogP contribution in [0.3, 0.4) is 0 Å². The average molecular weight is 387 g/mol. The Morgan fingerprint density at radius 1 is 1.30 bits per heavy atom. The van der Waals surface area contributed by atoms with Crippen molar-refractivity contribution in [3.05, 3.63) is 69.8 Å². The summed E-state index contributed by atoms with van der Waals surface area (Å²) >= 11 is 1.06. The number of carbonyl (C=O) groups excluding carboxylic acids is 1. The monoisotopic (exact) mass is 387 g/mol. The first-order chi connectivity index (χ1) is 12.8. The third-order valence-corrected chi connectivity index (χ3v) is 4.78. The van der Waals surface area contributed by atoms with E-state index in [1.54, 1.807) is 24.6 Å². The number of nitrogens with zero attached hydrogens (tertiary/aromatic N) is 4. The standard InChI is InChI=1S/C17H14FN5O3S/c1-10-3-5-12(18)13(7-10)20-16(24)11-4-6-15(14(8-11)23(25)26)27-17-21-19-9-22(17)2/h3-9H,1-2H3,(H,20,24). The molecular formula is C17H14FN5O3S. The van der Waals surface area contributed by atoms with E-state index in [2.05, 4.69) is 15.5 Å². The van der Waals surface area contributed by atoms with Crippen molar-refractivity contribution in [2.45, 2.75) is 17.0 Å². The summed E-state index contributed by atoms with van der Waals surface area (Å²) in [4.78, 5) is 23.6. The van der Waals surface area contributed by atoms with Gasteiger partial charge in [0.25, 0.3) is 11.6 Å². The molecule has 1 amide bonds. The molecule has 3 aromatic rings. The van der Waals surface area contributed by atoms with Crippen LogP contribution >= 0.6 is 11.8 Å². The zero-order valence-corrected chi connectivity index (χ0v) is 15.2. The lowest BCUT2D eigenvalue weighted by Gasteiger charge is -2.08. The molecule has 3 rings (SSSR count). The molecule has 0 fully saturated rings. The van der Waals surface area contributed by atoms with Gasteiger partial charge in [-0.05, 0) is 48.5 Å². The summed E-state index contributed by atoms with van der Waals surface area (Å²) in [7, 11) is 1.71. The third kappa shape index (κ3) is 4.11. The predicted molar refractivity (Wildman–Crippen MR) is 97.3 cm³/mol. The van der Waals surface area contributed by atoms with Crippen molar-refractivity contribution in [2.75, 3.05) is 5.32 Å². The van der Waals surface area contributed by atoms with Crippen molar-refractivity contribution in [1.82, 2.24) is 14.8 Å². The van der Waals surface area contributed by atoms with Crippen molar-refractivity contribution in [2.24, 2.45) is 7.05 Å². The quantitative estimate of drug-likeness (QED) is 0.530. The van der Waals surface area contributed by atoms with Gasteiger partial charge in [0.2, 0.25) is 0 Å². The molecule has 0 aliphatic carbocycles. The van der Waals surface area contributed by atoms with Gasteiger partial charge in [0.05, 0.1) is 15.5 Å². The van der Waals surface area contributed by atoms with Crippen LogP contribution in [0.15, 0.2) is 52.8 Å². The molecule has 0 spiro atoms. The molecular weight excluding hydrogens is 373 g/mol. The van der Waals surface area contributed by atoms with Crippen LogP contribution in [-0.2, 0) is 7.05 Å². The second-order valence-electron chi connectivity index (χ2n) is 5.70. The van der Waals surface area contributed by atoms with Crippen LogP contribution < -0.4 is 5.32 Å². The van der Waals surface area contributed by atoms with Crippen molar-refractivity contribution in [3.63, 3.8) is 0 Å².